The maximum absolute atomic E-state index is 13.3. The minimum Gasteiger partial charge on any atom is -0.530 e. The Labute approximate surface area is 234 Å². The zero-order valence-electron chi connectivity index (χ0n) is 22.6. The molecule has 3 rings (SSSR count). The van der Waals surface area contributed by atoms with Crippen LogP contribution in [0, 0.1) is 5.41 Å². The average molecular weight is 579 g/mol. The lowest BCUT2D eigenvalue weighted by Gasteiger charge is -2.45. The van der Waals surface area contributed by atoms with Crippen LogP contribution in [0.4, 0.5) is 23.1 Å². The van der Waals surface area contributed by atoms with Gasteiger partial charge in [-0.2, -0.15) is 18.3 Å². The van der Waals surface area contributed by atoms with Crippen molar-refractivity contribution in [1.82, 2.24) is 19.7 Å². The van der Waals surface area contributed by atoms with E-state index in [1.54, 1.807) is 38.4 Å². The summed E-state index contributed by atoms with van der Waals surface area (Å²) >= 11 is 1.12. The van der Waals surface area contributed by atoms with Gasteiger partial charge < -0.3 is 14.8 Å². The number of nitrogens with one attached hydrogen (secondary N) is 1. The highest BCUT2D eigenvalue weighted by Crippen LogP contribution is 2.32. The number of carboxylic acid groups (broad SMARTS) is 1. The van der Waals surface area contributed by atoms with Gasteiger partial charge in [0, 0.05) is 23.3 Å². The summed E-state index contributed by atoms with van der Waals surface area (Å²) < 4.78 is 40.3. The number of alkyl halides is 3. The summed E-state index contributed by atoms with van der Waals surface area (Å²) in [7, 11) is 0. The topological polar surface area (TPSA) is 120 Å². The second-order valence-corrected chi connectivity index (χ2v) is 11.3. The van der Waals surface area contributed by atoms with Crippen LogP contribution in [0.3, 0.4) is 0 Å². The van der Waals surface area contributed by atoms with Crippen molar-refractivity contribution in [2.45, 2.75) is 71.8 Å². The number of anilines is 1. The highest BCUT2D eigenvalue weighted by atomic mass is 32.1. The van der Waals surface area contributed by atoms with Gasteiger partial charge in [-0.15, -0.1) is 11.3 Å². The predicted octanol–water partition coefficient (Wildman–Crippen LogP) is 4.85. The molecule has 2 heterocycles. The molecule has 0 radical (unpaired) electrons. The Morgan fingerprint density at radius 3 is 2.33 bits per heavy atom. The minimum absolute atomic E-state index is 0.00210. The van der Waals surface area contributed by atoms with Crippen molar-refractivity contribution in [2.75, 3.05) is 5.32 Å². The molecule has 216 valence electrons. The van der Waals surface area contributed by atoms with Gasteiger partial charge in [0.05, 0.1) is 29.9 Å². The molecule has 2 atom stereocenters. The summed E-state index contributed by atoms with van der Waals surface area (Å²) in [6.45, 7) is 7.27. The summed E-state index contributed by atoms with van der Waals surface area (Å²) in [4.78, 5) is 43.6. The second-order valence-electron chi connectivity index (χ2n) is 10.4. The third-order valence-electron chi connectivity index (χ3n) is 6.40. The summed E-state index contributed by atoms with van der Waals surface area (Å²) in [6, 6.07) is 3.99. The number of carbonyl (C=O) groups is 3. The van der Waals surface area contributed by atoms with Crippen LogP contribution in [-0.4, -0.2) is 49.5 Å². The van der Waals surface area contributed by atoms with E-state index in [4.69, 9.17) is 0 Å². The lowest BCUT2D eigenvalue weighted by Crippen LogP contribution is -2.61. The maximum Gasteiger partial charge on any atom is 0.416 e. The van der Waals surface area contributed by atoms with E-state index in [9.17, 15) is 32.7 Å². The molecule has 0 spiro atoms. The maximum atomic E-state index is 13.3. The zero-order chi connectivity index (χ0) is 29.7. The molecule has 0 aliphatic heterocycles. The molecule has 0 unspecified atom stereocenters. The van der Waals surface area contributed by atoms with Crippen molar-refractivity contribution in [1.29, 1.82) is 0 Å². The SMILES string of the molecule is CCCC[C@@H](C(=O)C(=O)Nc1nccs1)N(C(=O)[O-])[C@H](Cn1ccc(-c2ccc(C(F)(F)F)cc2)n1)C(C)(C)C. The van der Waals surface area contributed by atoms with Crippen LogP contribution in [0.1, 0.15) is 52.5 Å². The number of hydrogen-bond donors (Lipinski definition) is 1. The molecule has 1 aromatic carbocycles. The monoisotopic (exact) mass is 578 g/mol. The first kappa shape index (κ1) is 30.8. The van der Waals surface area contributed by atoms with Crippen molar-refractivity contribution >= 4 is 34.3 Å². The van der Waals surface area contributed by atoms with Crippen LogP contribution in [0.2, 0.25) is 0 Å². The van der Waals surface area contributed by atoms with Gasteiger partial charge in [0.1, 0.15) is 6.09 Å². The third kappa shape index (κ3) is 7.68. The summed E-state index contributed by atoms with van der Waals surface area (Å²) in [5, 5.41) is 21.3. The van der Waals surface area contributed by atoms with Crippen LogP contribution in [0.25, 0.3) is 11.3 Å². The number of amides is 2. The number of hydrogen-bond acceptors (Lipinski definition) is 7. The number of unbranched alkanes of at least 4 members (excludes halogenated alkanes) is 1. The molecule has 0 saturated heterocycles. The Morgan fingerprint density at radius 1 is 1.12 bits per heavy atom. The number of aromatic nitrogens is 3. The molecule has 0 aliphatic rings. The van der Waals surface area contributed by atoms with E-state index in [2.05, 4.69) is 15.4 Å². The van der Waals surface area contributed by atoms with E-state index >= 15 is 0 Å². The number of rotatable bonds is 11. The van der Waals surface area contributed by atoms with Gasteiger partial charge in [0.15, 0.2) is 5.13 Å². The van der Waals surface area contributed by atoms with Crippen LogP contribution in [0.5, 0.6) is 0 Å². The summed E-state index contributed by atoms with van der Waals surface area (Å²) in [5.74, 6) is -1.90. The molecule has 2 aromatic heterocycles. The Balaban J connectivity index is 1.91. The van der Waals surface area contributed by atoms with E-state index in [-0.39, 0.29) is 18.1 Å². The lowest BCUT2D eigenvalue weighted by molar-refractivity contribution is -0.273. The van der Waals surface area contributed by atoms with Gasteiger partial charge in [0.2, 0.25) is 5.78 Å². The van der Waals surface area contributed by atoms with Gasteiger partial charge in [-0.25, -0.2) is 4.98 Å². The largest absolute Gasteiger partial charge is 0.530 e. The van der Waals surface area contributed by atoms with E-state index in [0.717, 1.165) is 28.4 Å². The number of thiazole rings is 1. The molecule has 9 nitrogen and oxygen atoms in total. The third-order valence-corrected chi connectivity index (χ3v) is 7.09. The lowest BCUT2D eigenvalue weighted by atomic mass is 9.84. The molecule has 0 fully saturated rings. The molecule has 0 bridgehead atoms. The van der Waals surface area contributed by atoms with Crippen molar-refractivity contribution < 1.29 is 32.7 Å². The number of nitrogens with zero attached hydrogens (tertiary/aromatic N) is 4. The first-order chi connectivity index (χ1) is 18.7. The van der Waals surface area contributed by atoms with E-state index in [1.807, 2.05) is 6.92 Å². The van der Waals surface area contributed by atoms with E-state index < -0.39 is 47.0 Å². The second kappa shape index (κ2) is 12.6. The summed E-state index contributed by atoms with van der Waals surface area (Å²) in [5.41, 5.74) is -0.667. The summed E-state index contributed by atoms with van der Waals surface area (Å²) in [6.07, 6.45) is -1.77. The molecule has 0 saturated carbocycles. The molecule has 40 heavy (non-hydrogen) atoms. The molecular formula is C27H31F3N5O4S-. The van der Waals surface area contributed by atoms with Crippen molar-refractivity contribution in [3.05, 3.63) is 53.7 Å². The molecule has 2 amide bonds. The highest BCUT2D eigenvalue weighted by molar-refractivity contribution is 7.13. The normalized spacial score (nSPS) is 13.5. The number of Topliss-reactive ketones (excluding diaryl/α,β-unsaturated/α-hetero) is 1. The predicted molar refractivity (Wildman–Crippen MR) is 142 cm³/mol. The van der Waals surface area contributed by atoms with Gasteiger partial charge in [-0.1, -0.05) is 52.7 Å². The van der Waals surface area contributed by atoms with Crippen LogP contribution in [-0.2, 0) is 22.3 Å². The molecule has 3 aromatic rings. The van der Waals surface area contributed by atoms with Gasteiger partial charge in [-0.3, -0.25) is 19.6 Å². The van der Waals surface area contributed by atoms with Gasteiger partial charge >= 0.3 is 6.18 Å². The standard InChI is InChI=1S/C27H32F3N5O4S/c1-5-6-7-20(22(36)23(37)32-24-31-13-15-40-24)35(25(38)39)21(26(2,3)4)16-34-14-12-19(33-34)17-8-10-18(11-9-17)27(28,29)30/h8-15,20-21H,5-7,16H2,1-4H3,(H,38,39)(H,31,32,37)/p-1/t20-,21+/m0/s1. The quantitative estimate of drug-likeness (QED) is 0.325. The number of ketones is 1. The first-order valence-corrected chi connectivity index (χ1v) is 13.6. The van der Waals surface area contributed by atoms with Crippen LogP contribution in [0.15, 0.2) is 48.1 Å². The van der Waals surface area contributed by atoms with Crippen LogP contribution < -0.4 is 10.4 Å². The van der Waals surface area contributed by atoms with E-state index in [0.29, 0.717) is 24.1 Å². The fourth-order valence-corrected chi connectivity index (χ4v) is 4.79. The number of halogens is 3. The fraction of sp³-hybridized carbons (Fsp3) is 0.444. The average Bonchev–Trinajstić information content (AvgIpc) is 3.56. The molecule has 0 aliphatic carbocycles. The molecule has 13 heteroatoms. The Morgan fingerprint density at radius 2 is 1.80 bits per heavy atom. The minimum atomic E-state index is -4.46. The Kier molecular flexibility index (Phi) is 9.72. The van der Waals surface area contributed by atoms with Gasteiger partial charge in [0.25, 0.3) is 5.91 Å². The molecular weight excluding hydrogens is 547 g/mol. The fourth-order valence-electron chi connectivity index (χ4n) is 4.26. The van der Waals surface area contributed by atoms with Crippen molar-refractivity contribution in [2.24, 2.45) is 5.41 Å². The van der Waals surface area contributed by atoms with Crippen molar-refractivity contribution in [3.63, 3.8) is 0 Å². The van der Waals surface area contributed by atoms with Gasteiger partial charge in [-0.05, 0) is 30.0 Å². The van der Waals surface area contributed by atoms with Crippen LogP contribution >= 0.6 is 11.3 Å². The number of carbonyl (C=O) groups excluding carboxylic acids is 3. The first-order valence-electron chi connectivity index (χ1n) is 12.7. The molecule has 1 N–H and O–H groups in total. The Bertz CT molecular complexity index is 1300. The van der Waals surface area contributed by atoms with Crippen molar-refractivity contribution in [3.8, 4) is 11.3 Å². The Hall–Kier alpha value is -3.74. The zero-order valence-corrected chi connectivity index (χ0v) is 23.4. The van der Waals surface area contributed by atoms with E-state index in [1.165, 1.54) is 23.0 Å². The number of benzene rings is 1. The highest BCUT2D eigenvalue weighted by Gasteiger charge is 2.40. The smallest absolute Gasteiger partial charge is 0.416 e.